The average Bonchev–Trinajstić information content (AvgIpc) is 2.94. The SMILES string of the molecule is Cc1cc2cn(Cc3ccc(F)cc3)nc2c(C)c1NC(=O)CC(C)(C)C. The molecule has 5 heteroatoms. The van der Waals surface area contributed by atoms with Crippen molar-refractivity contribution in [1.29, 1.82) is 0 Å². The van der Waals surface area contributed by atoms with Gasteiger partial charge in [-0.15, -0.1) is 0 Å². The molecule has 0 saturated carbocycles. The second-order valence-corrected chi connectivity index (χ2v) is 8.37. The molecule has 0 saturated heterocycles. The Hall–Kier alpha value is -2.69. The molecule has 0 spiro atoms. The summed E-state index contributed by atoms with van der Waals surface area (Å²) >= 11 is 0. The lowest BCUT2D eigenvalue weighted by Crippen LogP contribution is -2.20. The van der Waals surface area contributed by atoms with E-state index < -0.39 is 0 Å². The van der Waals surface area contributed by atoms with Crippen molar-refractivity contribution in [1.82, 2.24) is 9.78 Å². The summed E-state index contributed by atoms with van der Waals surface area (Å²) in [5.74, 6) is -0.231. The van der Waals surface area contributed by atoms with Crippen molar-refractivity contribution >= 4 is 22.5 Å². The fourth-order valence-electron chi connectivity index (χ4n) is 3.27. The van der Waals surface area contributed by atoms with Crippen LogP contribution in [0.4, 0.5) is 10.1 Å². The smallest absolute Gasteiger partial charge is 0.224 e. The van der Waals surface area contributed by atoms with Gasteiger partial charge >= 0.3 is 0 Å². The van der Waals surface area contributed by atoms with Crippen LogP contribution in [0.1, 0.15) is 43.9 Å². The number of nitrogens with one attached hydrogen (secondary N) is 1. The highest BCUT2D eigenvalue weighted by Crippen LogP contribution is 2.29. The van der Waals surface area contributed by atoms with E-state index in [0.29, 0.717) is 13.0 Å². The molecule has 0 aliphatic rings. The molecule has 0 radical (unpaired) electrons. The first-order valence-corrected chi connectivity index (χ1v) is 9.14. The zero-order valence-electron chi connectivity index (χ0n) is 16.6. The highest BCUT2D eigenvalue weighted by molar-refractivity contribution is 5.97. The molecular formula is C22H26FN3O. The lowest BCUT2D eigenvalue weighted by molar-refractivity contribution is -0.117. The minimum absolute atomic E-state index is 0.0128. The summed E-state index contributed by atoms with van der Waals surface area (Å²) in [5, 5.41) is 8.78. The van der Waals surface area contributed by atoms with Crippen LogP contribution in [0.2, 0.25) is 0 Å². The highest BCUT2D eigenvalue weighted by Gasteiger charge is 2.18. The minimum Gasteiger partial charge on any atom is -0.326 e. The lowest BCUT2D eigenvalue weighted by atomic mass is 9.92. The molecule has 142 valence electrons. The molecule has 0 aliphatic carbocycles. The number of nitrogens with zero attached hydrogens (tertiary/aromatic N) is 2. The third-order valence-electron chi connectivity index (χ3n) is 4.50. The van der Waals surface area contributed by atoms with Crippen molar-refractivity contribution in [2.24, 2.45) is 5.41 Å². The van der Waals surface area contributed by atoms with Gasteiger partial charge in [0.2, 0.25) is 5.91 Å². The molecule has 1 amide bonds. The van der Waals surface area contributed by atoms with E-state index in [-0.39, 0.29) is 17.1 Å². The Labute approximate surface area is 159 Å². The van der Waals surface area contributed by atoms with Crippen molar-refractivity contribution in [3.63, 3.8) is 0 Å². The zero-order valence-corrected chi connectivity index (χ0v) is 16.6. The summed E-state index contributed by atoms with van der Waals surface area (Å²) in [4.78, 5) is 12.4. The molecular weight excluding hydrogens is 341 g/mol. The standard InChI is InChI=1S/C22H26FN3O/c1-14-10-17-13-26(12-16-6-8-18(23)9-7-16)25-21(17)15(2)20(14)24-19(27)11-22(3,4)5/h6-10,13H,11-12H2,1-5H3,(H,24,27). The highest BCUT2D eigenvalue weighted by atomic mass is 19.1. The van der Waals surface area contributed by atoms with Crippen molar-refractivity contribution in [3.05, 3.63) is 59.0 Å². The number of rotatable bonds is 4. The number of fused-ring (bicyclic) bond motifs is 1. The fraction of sp³-hybridized carbons (Fsp3) is 0.364. The van der Waals surface area contributed by atoms with Crippen LogP contribution < -0.4 is 5.32 Å². The number of aromatic nitrogens is 2. The predicted molar refractivity (Wildman–Crippen MR) is 107 cm³/mol. The van der Waals surface area contributed by atoms with Crippen LogP contribution in [0.5, 0.6) is 0 Å². The maximum atomic E-state index is 13.1. The summed E-state index contributed by atoms with van der Waals surface area (Å²) in [5.41, 5.74) is 4.61. The number of halogens is 1. The number of aryl methyl sites for hydroxylation is 2. The summed E-state index contributed by atoms with van der Waals surface area (Å²) < 4.78 is 14.9. The molecule has 0 atom stereocenters. The molecule has 1 N–H and O–H groups in total. The molecule has 3 rings (SSSR count). The third kappa shape index (κ3) is 4.54. The summed E-state index contributed by atoms with van der Waals surface area (Å²) in [6.07, 6.45) is 2.45. The third-order valence-corrected chi connectivity index (χ3v) is 4.50. The number of anilines is 1. The van der Waals surface area contributed by atoms with Crippen LogP contribution in [-0.4, -0.2) is 15.7 Å². The minimum atomic E-state index is -0.244. The van der Waals surface area contributed by atoms with Crippen LogP contribution in [0.3, 0.4) is 0 Å². The molecule has 1 aromatic heterocycles. The van der Waals surface area contributed by atoms with Gasteiger partial charge in [-0.05, 0) is 48.6 Å². The zero-order chi connectivity index (χ0) is 19.8. The Morgan fingerprint density at radius 3 is 2.48 bits per heavy atom. The largest absolute Gasteiger partial charge is 0.326 e. The second-order valence-electron chi connectivity index (χ2n) is 8.37. The molecule has 0 aliphatic heterocycles. The number of hydrogen-bond acceptors (Lipinski definition) is 2. The number of carbonyl (C=O) groups is 1. The van der Waals surface area contributed by atoms with Gasteiger partial charge in [0.25, 0.3) is 0 Å². The van der Waals surface area contributed by atoms with Crippen molar-refractivity contribution in [3.8, 4) is 0 Å². The van der Waals surface area contributed by atoms with Gasteiger partial charge in [0.05, 0.1) is 12.1 Å². The van der Waals surface area contributed by atoms with Crippen molar-refractivity contribution in [2.75, 3.05) is 5.32 Å². The van der Waals surface area contributed by atoms with E-state index in [0.717, 1.165) is 33.3 Å². The van der Waals surface area contributed by atoms with Gasteiger partial charge in [-0.2, -0.15) is 5.10 Å². The molecule has 27 heavy (non-hydrogen) atoms. The maximum Gasteiger partial charge on any atom is 0.224 e. The first-order chi connectivity index (χ1) is 12.6. The van der Waals surface area contributed by atoms with E-state index in [2.05, 4.69) is 10.4 Å². The first-order valence-electron chi connectivity index (χ1n) is 9.14. The molecule has 3 aromatic rings. The molecule has 0 bridgehead atoms. The van der Waals surface area contributed by atoms with Gasteiger partial charge in [0.1, 0.15) is 5.82 Å². The number of amides is 1. The van der Waals surface area contributed by atoms with Crippen molar-refractivity contribution in [2.45, 2.75) is 47.6 Å². The Bertz CT molecular complexity index is 981. The summed E-state index contributed by atoms with van der Waals surface area (Å²) in [6, 6.07) is 8.48. The lowest BCUT2D eigenvalue weighted by Gasteiger charge is -2.19. The van der Waals surface area contributed by atoms with Crippen molar-refractivity contribution < 1.29 is 9.18 Å². The van der Waals surface area contributed by atoms with Gasteiger partial charge in [0.15, 0.2) is 0 Å². The quantitative estimate of drug-likeness (QED) is 0.687. The fourth-order valence-corrected chi connectivity index (χ4v) is 3.27. The first kappa shape index (κ1) is 19.1. The Balaban J connectivity index is 1.89. The molecule has 4 nitrogen and oxygen atoms in total. The normalized spacial score (nSPS) is 11.8. The number of benzene rings is 2. The Morgan fingerprint density at radius 1 is 1.19 bits per heavy atom. The Morgan fingerprint density at radius 2 is 1.85 bits per heavy atom. The molecule has 0 fully saturated rings. The van der Waals surface area contributed by atoms with E-state index in [1.54, 1.807) is 12.1 Å². The van der Waals surface area contributed by atoms with Gasteiger partial charge in [-0.25, -0.2) is 4.39 Å². The molecule has 1 heterocycles. The van der Waals surface area contributed by atoms with E-state index >= 15 is 0 Å². The van der Waals surface area contributed by atoms with Crippen LogP contribution in [0, 0.1) is 25.1 Å². The van der Waals surface area contributed by atoms with Crippen LogP contribution in [0.15, 0.2) is 36.5 Å². The summed E-state index contributed by atoms with van der Waals surface area (Å²) in [6.45, 7) is 10.7. The topological polar surface area (TPSA) is 46.9 Å². The van der Waals surface area contributed by atoms with Crippen LogP contribution >= 0.6 is 0 Å². The predicted octanol–water partition coefficient (Wildman–Crippen LogP) is 5.22. The van der Waals surface area contributed by atoms with E-state index in [4.69, 9.17) is 0 Å². The second kappa shape index (κ2) is 7.14. The summed E-state index contributed by atoms with van der Waals surface area (Å²) in [7, 11) is 0. The van der Waals surface area contributed by atoms with Crippen LogP contribution in [0.25, 0.3) is 10.9 Å². The van der Waals surface area contributed by atoms with Crippen LogP contribution in [-0.2, 0) is 11.3 Å². The Kier molecular flexibility index (Phi) is 5.05. The number of hydrogen-bond donors (Lipinski definition) is 1. The van der Waals surface area contributed by atoms with E-state index in [1.165, 1.54) is 12.1 Å². The molecule has 0 unspecified atom stereocenters. The van der Waals surface area contributed by atoms with Gasteiger partial charge in [0, 0.05) is 29.3 Å². The number of carbonyl (C=O) groups excluding carboxylic acids is 1. The molecule has 2 aromatic carbocycles. The van der Waals surface area contributed by atoms with E-state index in [9.17, 15) is 9.18 Å². The van der Waals surface area contributed by atoms with E-state index in [1.807, 2.05) is 51.6 Å². The van der Waals surface area contributed by atoms with Gasteiger partial charge < -0.3 is 5.32 Å². The maximum absolute atomic E-state index is 13.1. The van der Waals surface area contributed by atoms with Gasteiger partial charge in [-0.3, -0.25) is 9.48 Å². The average molecular weight is 367 g/mol. The monoisotopic (exact) mass is 367 g/mol. The van der Waals surface area contributed by atoms with Gasteiger partial charge in [-0.1, -0.05) is 32.9 Å².